The molecule has 0 bridgehead atoms. The lowest BCUT2D eigenvalue weighted by Gasteiger charge is -2.27. The Morgan fingerprint density at radius 2 is 0.699 bits per heavy atom. The van der Waals surface area contributed by atoms with E-state index < -0.39 is 77.8 Å². The zero-order valence-corrected chi connectivity index (χ0v) is 76.7. The van der Waals surface area contributed by atoms with E-state index in [0.29, 0.717) is 145 Å². The summed E-state index contributed by atoms with van der Waals surface area (Å²) in [4.78, 5) is 77.6. The van der Waals surface area contributed by atoms with Gasteiger partial charge in [0.15, 0.2) is 6.04 Å². The molecule has 2 heterocycles. The standard InChI is InChI=1S/C33H36ClF3N2O6.C29H28ClF3N2O6.C23H28ClNO6.C11H11F3O.CH4/c1-20-15-26(44-33(35,36)37)19-28-27(20)12-13-39(28)31(41)30(21-8-10-22(34)11-9-21)38-23-16-24(42-5)18-25(17-23)43-14-6-7-29(40)45-32(2,3)4;1-17-12-23(41-29(31,32)33)16-25-24(17)9-10-35(25)28(38)27(18-5-7-19(30)8-6-18)34-20-13-21(39-2)15-22(14-20)40-11-3-4-26(36)37;1-23(2,3)31-20(26)6-5-11-30-19-13-17(12-18(14-19)29-4)25-21(22(27)28)15-7-9-16(24)10-8-15;1-7-5-9(15-11(12,13)14)6-8-3-2-4-10(7)8;/h8-11,15-19,30,38H,6-7,12-14H2,1-5H3;5-8,12-16,27,34H,3-4,9-11H2,1-2H3,(H,36,37);7-10,12-14,21,25H,5-6,11H2,1-4H3,(H,27,28);5-6H,2-4H2,1H3;1H4. The quantitative estimate of drug-likeness (QED) is 0.0145. The number of carbonyl (C=O) groups excluding carboxylic acids is 4. The molecule has 133 heavy (non-hydrogen) atoms. The highest BCUT2D eigenvalue weighted by atomic mass is 35.5. The Labute approximate surface area is 780 Å². The second kappa shape index (κ2) is 47.3. The highest BCUT2D eigenvalue weighted by Gasteiger charge is 2.39. The van der Waals surface area contributed by atoms with Gasteiger partial charge in [0.05, 0.1) is 52.5 Å². The number of carbonyl (C=O) groups is 6. The second-order valence-electron chi connectivity index (χ2n) is 32.7. The van der Waals surface area contributed by atoms with Crippen LogP contribution in [-0.4, -0.2) is 130 Å². The van der Waals surface area contributed by atoms with E-state index in [0.717, 1.165) is 41.5 Å². The van der Waals surface area contributed by atoms with Gasteiger partial charge in [-0.2, -0.15) is 0 Å². The molecule has 3 unspecified atom stereocenters. The predicted octanol–water partition coefficient (Wildman–Crippen LogP) is 23.4. The minimum absolute atomic E-state index is 0. The number of nitrogens with one attached hydrogen (secondary N) is 3. The Morgan fingerprint density at radius 1 is 0.391 bits per heavy atom. The summed E-state index contributed by atoms with van der Waals surface area (Å²) >= 11 is 18.1. The number of carboxylic acids is 2. The number of hydrogen-bond acceptors (Lipinski definition) is 20. The lowest BCUT2D eigenvalue weighted by atomic mass is 10.0. The van der Waals surface area contributed by atoms with Crippen molar-refractivity contribution in [1.82, 2.24) is 0 Å². The number of fused-ring (bicyclic) bond motifs is 3. The van der Waals surface area contributed by atoms with Crippen molar-refractivity contribution in [2.75, 3.05) is 80.0 Å². The van der Waals surface area contributed by atoms with Crippen molar-refractivity contribution in [2.24, 2.45) is 0 Å². The molecule has 2 amide bonds. The molecule has 3 atom stereocenters. The van der Waals surface area contributed by atoms with Crippen molar-refractivity contribution < 1.29 is 131 Å². The van der Waals surface area contributed by atoms with Crippen LogP contribution < -0.4 is 68.4 Å². The largest absolute Gasteiger partial charge is 0.573 e. The number of aliphatic carboxylic acids is 2. The number of methoxy groups -OCH3 is 3. The molecule has 36 heteroatoms. The van der Waals surface area contributed by atoms with Gasteiger partial charge in [-0.3, -0.25) is 24.0 Å². The molecule has 0 fully saturated rings. The average molecular weight is 1920 g/mol. The predicted molar refractivity (Wildman–Crippen MR) is 488 cm³/mol. The van der Waals surface area contributed by atoms with E-state index in [1.54, 1.807) is 162 Å². The van der Waals surface area contributed by atoms with E-state index in [1.165, 1.54) is 73.1 Å². The molecular weight excluding hydrogens is 1820 g/mol. The number of anilines is 5. The molecule has 24 nitrogen and oxygen atoms in total. The number of alkyl halides is 9. The molecule has 0 aromatic heterocycles. The SMILES string of the molecule is C.COc1cc(NC(C(=O)N2CCc3c(C)cc(OC(F)(F)F)cc32)c2ccc(Cl)cc2)cc(OCCCC(=O)O)c1.COc1cc(NC(C(=O)N2CCc3c(C)cc(OC(F)(F)F)cc32)c2ccc(Cl)cc2)cc(OCCCC(=O)OC(C)(C)C)c1.COc1cc(NC(C(=O)O)c2ccc(Cl)cc2)cc(OCCCC(=O)OC(C)(C)C)c1.Cc1cc(OC(F)(F)F)cc2c1CCC2. The Morgan fingerprint density at radius 3 is 1.02 bits per heavy atom. The topological polar surface area (TPSA) is 287 Å². The number of rotatable bonds is 33. The molecule has 1 aliphatic carbocycles. The summed E-state index contributed by atoms with van der Waals surface area (Å²) in [6.07, 6.45) is -8.97. The number of halogens is 12. The van der Waals surface area contributed by atoms with Crippen LogP contribution in [0.25, 0.3) is 0 Å². The minimum atomic E-state index is -4.87. The van der Waals surface area contributed by atoms with Crippen LogP contribution in [0.5, 0.6) is 51.7 Å². The fraction of sp³-hybridized carbons (Fsp3) is 0.381. The average Bonchev–Trinajstić information content (AvgIpc) is 1.64. The molecule has 0 saturated heterocycles. The Hall–Kier alpha value is -12.4. The number of amides is 2. The van der Waals surface area contributed by atoms with Gasteiger partial charge in [0.1, 0.15) is 75.0 Å². The summed E-state index contributed by atoms with van der Waals surface area (Å²) in [5.74, 6) is -1.51. The van der Waals surface area contributed by atoms with Crippen LogP contribution in [0.2, 0.25) is 15.1 Å². The number of ether oxygens (including phenoxy) is 11. The molecule has 3 aliphatic rings. The highest BCUT2D eigenvalue weighted by molar-refractivity contribution is 6.31. The summed E-state index contributed by atoms with van der Waals surface area (Å²) in [6.45, 7) is 17.3. The molecule has 0 radical (unpaired) electrons. The summed E-state index contributed by atoms with van der Waals surface area (Å²) in [6, 6.07) is 40.2. The number of nitrogens with zero attached hydrogens (tertiary/aromatic N) is 2. The maximum absolute atomic E-state index is 14.2. The zero-order valence-electron chi connectivity index (χ0n) is 74.4. The minimum Gasteiger partial charge on any atom is -0.497 e. The Bertz CT molecular complexity index is 5480. The van der Waals surface area contributed by atoms with Crippen LogP contribution in [0.3, 0.4) is 0 Å². The first kappa shape index (κ1) is 106. The third kappa shape index (κ3) is 33.7. The molecule has 2 aliphatic heterocycles. The van der Waals surface area contributed by atoms with Crippen LogP contribution in [-0.2, 0) is 63.9 Å². The van der Waals surface area contributed by atoms with E-state index in [1.807, 2.05) is 27.7 Å². The van der Waals surface area contributed by atoms with Crippen molar-refractivity contribution in [3.63, 3.8) is 0 Å². The summed E-state index contributed by atoms with van der Waals surface area (Å²) < 4.78 is 170. The van der Waals surface area contributed by atoms with Gasteiger partial charge in [-0.25, -0.2) is 4.79 Å². The normalized spacial score (nSPS) is 13.2. The van der Waals surface area contributed by atoms with Crippen LogP contribution >= 0.6 is 34.8 Å². The number of carboxylic acid groups (broad SMARTS) is 2. The smallest absolute Gasteiger partial charge is 0.497 e. The first-order valence-corrected chi connectivity index (χ1v) is 42.9. The van der Waals surface area contributed by atoms with E-state index in [4.69, 9.17) is 77.8 Å². The molecule has 5 N–H and O–H groups in total. The van der Waals surface area contributed by atoms with Crippen LogP contribution in [0.4, 0.5) is 68.0 Å². The van der Waals surface area contributed by atoms with Crippen LogP contribution in [0.15, 0.2) is 164 Å². The van der Waals surface area contributed by atoms with Crippen molar-refractivity contribution in [3.8, 4) is 51.7 Å². The maximum atomic E-state index is 14.2. The van der Waals surface area contributed by atoms with Crippen LogP contribution in [0, 0.1) is 20.8 Å². The third-order valence-electron chi connectivity index (χ3n) is 20.1. The first-order valence-electron chi connectivity index (χ1n) is 41.8. The lowest BCUT2D eigenvalue weighted by Crippen LogP contribution is -2.37. The van der Waals surface area contributed by atoms with E-state index >= 15 is 0 Å². The number of esters is 2. The fourth-order valence-corrected chi connectivity index (χ4v) is 14.9. The zero-order chi connectivity index (χ0) is 96.7. The van der Waals surface area contributed by atoms with Crippen molar-refractivity contribution in [2.45, 2.75) is 189 Å². The first-order chi connectivity index (χ1) is 62.1. The maximum Gasteiger partial charge on any atom is 0.573 e. The summed E-state index contributed by atoms with van der Waals surface area (Å²) in [7, 11) is 4.48. The van der Waals surface area contributed by atoms with Gasteiger partial charge in [0, 0.05) is 131 Å². The van der Waals surface area contributed by atoms with E-state index in [-0.39, 0.29) is 76.6 Å². The van der Waals surface area contributed by atoms with Gasteiger partial charge in [0.25, 0.3) is 11.8 Å². The van der Waals surface area contributed by atoms with Gasteiger partial charge >= 0.3 is 43.0 Å². The Kier molecular flexibility index (Phi) is 37.7. The molecule has 0 saturated carbocycles. The number of hydrogen-bond donors (Lipinski definition) is 5. The molecule has 12 rings (SSSR count). The van der Waals surface area contributed by atoms with Gasteiger partial charge in [-0.05, 0) is 230 Å². The number of aryl methyl sites for hydroxylation is 4. The van der Waals surface area contributed by atoms with E-state index in [9.17, 15) is 73.4 Å². The summed E-state index contributed by atoms with van der Waals surface area (Å²) in [5.41, 5.74) is 8.61. The van der Waals surface area contributed by atoms with Crippen molar-refractivity contribution in [1.29, 1.82) is 0 Å². The van der Waals surface area contributed by atoms with Crippen LogP contribution in [0.1, 0.15) is 168 Å². The lowest BCUT2D eigenvalue weighted by molar-refractivity contribution is -0.275. The van der Waals surface area contributed by atoms with E-state index in [2.05, 4.69) is 30.2 Å². The second-order valence-corrected chi connectivity index (χ2v) is 34.0. The molecule has 0 spiro atoms. The van der Waals surface area contributed by atoms with Gasteiger partial charge < -0.3 is 88.1 Å². The monoisotopic (exact) mass is 1920 g/mol. The van der Waals surface area contributed by atoms with Crippen molar-refractivity contribution >= 4 is 98.9 Å². The molecular formula is C97H107Cl3F9N5O19. The third-order valence-corrected chi connectivity index (χ3v) is 20.9. The summed E-state index contributed by atoms with van der Waals surface area (Å²) in [5, 5.41) is 29.4. The highest BCUT2D eigenvalue weighted by Crippen LogP contribution is 2.43. The van der Waals surface area contributed by atoms with Gasteiger partial charge in [0.2, 0.25) is 0 Å². The number of benzene rings is 9. The molecule has 9 aromatic carbocycles. The van der Waals surface area contributed by atoms with Crippen molar-refractivity contribution in [3.05, 3.63) is 234 Å². The fourth-order valence-electron chi connectivity index (χ4n) is 14.5. The molecule has 718 valence electrons. The molecule has 9 aromatic rings. The van der Waals surface area contributed by atoms with Gasteiger partial charge in [-0.15, -0.1) is 39.5 Å². The van der Waals surface area contributed by atoms with Gasteiger partial charge in [-0.1, -0.05) is 78.6 Å². The Balaban J connectivity index is 0.000000229.